The van der Waals surface area contributed by atoms with Crippen LogP contribution in [0.5, 0.6) is 0 Å². The standard InChI is InChI=1S/C12H10BrF3N2O/c1-18-6-7(5-17-18)11(19)9-3-2-8(13)4-10(9)12(14,15)16/h2-6,11,19H,1H3. The summed E-state index contributed by atoms with van der Waals surface area (Å²) in [6, 6.07) is 3.67. The Bertz CT molecular complexity index is 595. The summed E-state index contributed by atoms with van der Waals surface area (Å²) in [5.74, 6) is 0. The number of benzene rings is 1. The highest BCUT2D eigenvalue weighted by atomic mass is 79.9. The van der Waals surface area contributed by atoms with Gasteiger partial charge in [0.05, 0.1) is 11.8 Å². The van der Waals surface area contributed by atoms with Crippen LogP contribution in [-0.2, 0) is 13.2 Å². The Morgan fingerprint density at radius 2 is 2.05 bits per heavy atom. The van der Waals surface area contributed by atoms with Gasteiger partial charge in [0, 0.05) is 23.3 Å². The Labute approximate surface area is 115 Å². The molecule has 0 saturated heterocycles. The van der Waals surface area contributed by atoms with Crippen LogP contribution in [0.3, 0.4) is 0 Å². The Morgan fingerprint density at radius 3 is 2.58 bits per heavy atom. The van der Waals surface area contributed by atoms with E-state index in [-0.39, 0.29) is 5.56 Å². The van der Waals surface area contributed by atoms with Crippen LogP contribution in [0.15, 0.2) is 35.1 Å². The van der Waals surface area contributed by atoms with E-state index in [9.17, 15) is 18.3 Å². The molecule has 102 valence electrons. The summed E-state index contributed by atoms with van der Waals surface area (Å²) in [6.07, 6.45) is -3.07. The van der Waals surface area contributed by atoms with Gasteiger partial charge in [0.1, 0.15) is 6.10 Å². The van der Waals surface area contributed by atoms with Crippen LogP contribution in [0, 0.1) is 0 Å². The average Bonchev–Trinajstić information content (AvgIpc) is 2.74. The summed E-state index contributed by atoms with van der Waals surface area (Å²) in [7, 11) is 1.63. The molecule has 0 radical (unpaired) electrons. The molecule has 1 unspecified atom stereocenters. The summed E-state index contributed by atoms with van der Waals surface area (Å²) < 4.78 is 40.6. The molecule has 1 aromatic heterocycles. The van der Waals surface area contributed by atoms with Crippen molar-refractivity contribution in [2.45, 2.75) is 12.3 Å². The molecule has 19 heavy (non-hydrogen) atoms. The lowest BCUT2D eigenvalue weighted by atomic mass is 9.98. The van der Waals surface area contributed by atoms with E-state index in [1.165, 1.54) is 29.2 Å². The molecule has 0 aliphatic carbocycles. The number of aliphatic hydroxyl groups is 1. The Hall–Kier alpha value is -1.34. The zero-order valence-corrected chi connectivity index (χ0v) is 11.4. The summed E-state index contributed by atoms with van der Waals surface area (Å²) in [6.45, 7) is 0. The smallest absolute Gasteiger partial charge is 0.384 e. The second-order valence-electron chi connectivity index (χ2n) is 4.08. The van der Waals surface area contributed by atoms with Gasteiger partial charge < -0.3 is 5.11 Å². The number of aryl methyl sites for hydroxylation is 1. The normalized spacial score (nSPS) is 13.6. The molecule has 0 amide bonds. The quantitative estimate of drug-likeness (QED) is 0.915. The summed E-state index contributed by atoms with van der Waals surface area (Å²) >= 11 is 3.00. The predicted molar refractivity (Wildman–Crippen MR) is 66.4 cm³/mol. The van der Waals surface area contributed by atoms with Crippen molar-refractivity contribution in [3.8, 4) is 0 Å². The molecule has 1 N–H and O–H groups in total. The molecule has 1 heterocycles. The molecule has 0 aliphatic rings. The topological polar surface area (TPSA) is 38.0 Å². The number of rotatable bonds is 2. The zero-order valence-electron chi connectivity index (χ0n) is 9.82. The summed E-state index contributed by atoms with van der Waals surface area (Å²) in [5.41, 5.74) is -0.739. The number of halogens is 4. The van der Waals surface area contributed by atoms with Crippen LogP contribution in [0.2, 0.25) is 0 Å². The first kappa shape index (κ1) is 14.1. The lowest BCUT2D eigenvalue weighted by Gasteiger charge is -2.17. The van der Waals surface area contributed by atoms with Crippen LogP contribution in [-0.4, -0.2) is 14.9 Å². The fourth-order valence-corrected chi connectivity index (χ4v) is 2.13. The van der Waals surface area contributed by atoms with Crippen LogP contribution in [0.1, 0.15) is 22.8 Å². The molecule has 0 aliphatic heterocycles. The third-order valence-electron chi connectivity index (χ3n) is 2.66. The number of alkyl halides is 3. The van der Waals surface area contributed by atoms with Crippen LogP contribution < -0.4 is 0 Å². The highest BCUT2D eigenvalue weighted by Crippen LogP contribution is 2.37. The molecule has 7 heteroatoms. The van der Waals surface area contributed by atoms with Crippen molar-refractivity contribution >= 4 is 15.9 Å². The van der Waals surface area contributed by atoms with Crippen molar-refractivity contribution < 1.29 is 18.3 Å². The summed E-state index contributed by atoms with van der Waals surface area (Å²) in [4.78, 5) is 0. The average molecular weight is 335 g/mol. The van der Waals surface area contributed by atoms with E-state index in [0.29, 0.717) is 10.0 Å². The molecule has 0 bridgehead atoms. The maximum atomic E-state index is 13.0. The molecular formula is C12H10BrF3N2O. The van der Waals surface area contributed by atoms with Crippen LogP contribution >= 0.6 is 15.9 Å². The van der Waals surface area contributed by atoms with Gasteiger partial charge in [-0.15, -0.1) is 0 Å². The number of aliphatic hydroxyl groups excluding tert-OH is 1. The molecule has 2 aromatic rings. The second kappa shape index (κ2) is 4.97. The van der Waals surface area contributed by atoms with Crippen molar-refractivity contribution in [1.29, 1.82) is 0 Å². The molecule has 0 saturated carbocycles. The maximum absolute atomic E-state index is 13.0. The first-order valence-electron chi connectivity index (χ1n) is 5.32. The van der Waals surface area contributed by atoms with Crippen molar-refractivity contribution in [1.82, 2.24) is 9.78 Å². The Kier molecular flexibility index (Phi) is 3.69. The van der Waals surface area contributed by atoms with Crippen molar-refractivity contribution in [2.24, 2.45) is 7.05 Å². The van der Waals surface area contributed by atoms with E-state index in [4.69, 9.17) is 0 Å². The van der Waals surface area contributed by atoms with Crippen molar-refractivity contribution in [3.63, 3.8) is 0 Å². The zero-order chi connectivity index (χ0) is 14.2. The largest absolute Gasteiger partial charge is 0.416 e. The fourth-order valence-electron chi connectivity index (χ4n) is 1.77. The summed E-state index contributed by atoms with van der Waals surface area (Å²) in [5, 5.41) is 13.9. The van der Waals surface area contributed by atoms with Gasteiger partial charge in [0.2, 0.25) is 0 Å². The molecule has 1 atom stereocenters. The molecule has 0 spiro atoms. The molecular weight excluding hydrogens is 325 g/mol. The van der Waals surface area contributed by atoms with Gasteiger partial charge in [-0.1, -0.05) is 22.0 Å². The van der Waals surface area contributed by atoms with Gasteiger partial charge in [0.15, 0.2) is 0 Å². The van der Waals surface area contributed by atoms with E-state index in [1.54, 1.807) is 7.05 Å². The third kappa shape index (κ3) is 2.98. The predicted octanol–water partition coefficient (Wildman–Crippen LogP) is 3.28. The first-order valence-corrected chi connectivity index (χ1v) is 6.11. The Morgan fingerprint density at radius 1 is 1.37 bits per heavy atom. The van der Waals surface area contributed by atoms with E-state index >= 15 is 0 Å². The van der Waals surface area contributed by atoms with E-state index < -0.39 is 17.8 Å². The van der Waals surface area contributed by atoms with E-state index in [0.717, 1.165) is 6.07 Å². The van der Waals surface area contributed by atoms with Gasteiger partial charge in [0.25, 0.3) is 0 Å². The monoisotopic (exact) mass is 334 g/mol. The molecule has 3 nitrogen and oxygen atoms in total. The first-order chi connectivity index (χ1) is 8.79. The maximum Gasteiger partial charge on any atom is 0.416 e. The third-order valence-corrected chi connectivity index (χ3v) is 3.15. The molecule has 2 rings (SSSR count). The minimum atomic E-state index is -4.53. The lowest BCUT2D eigenvalue weighted by Crippen LogP contribution is -2.12. The second-order valence-corrected chi connectivity index (χ2v) is 4.99. The van der Waals surface area contributed by atoms with Gasteiger partial charge in [-0.2, -0.15) is 18.3 Å². The van der Waals surface area contributed by atoms with Crippen molar-refractivity contribution in [3.05, 3.63) is 51.8 Å². The number of hydrogen-bond acceptors (Lipinski definition) is 2. The highest BCUT2D eigenvalue weighted by Gasteiger charge is 2.35. The number of hydrogen-bond donors (Lipinski definition) is 1. The molecule has 1 aromatic carbocycles. The van der Waals surface area contributed by atoms with Crippen molar-refractivity contribution in [2.75, 3.05) is 0 Å². The number of aromatic nitrogens is 2. The lowest BCUT2D eigenvalue weighted by molar-refractivity contribution is -0.139. The Balaban J connectivity index is 2.50. The SMILES string of the molecule is Cn1cc(C(O)c2ccc(Br)cc2C(F)(F)F)cn1. The van der Waals surface area contributed by atoms with E-state index in [1.807, 2.05) is 0 Å². The fraction of sp³-hybridized carbons (Fsp3) is 0.250. The number of nitrogens with zero attached hydrogens (tertiary/aromatic N) is 2. The van der Waals surface area contributed by atoms with E-state index in [2.05, 4.69) is 21.0 Å². The van der Waals surface area contributed by atoms with Crippen LogP contribution in [0.4, 0.5) is 13.2 Å². The minimum absolute atomic E-state index is 0.191. The minimum Gasteiger partial charge on any atom is -0.384 e. The van der Waals surface area contributed by atoms with Gasteiger partial charge in [-0.3, -0.25) is 4.68 Å². The molecule has 0 fully saturated rings. The van der Waals surface area contributed by atoms with Gasteiger partial charge >= 0.3 is 6.18 Å². The van der Waals surface area contributed by atoms with Gasteiger partial charge in [-0.25, -0.2) is 0 Å². The highest BCUT2D eigenvalue weighted by molar-refractivity contribution is 9.10. The van der Waals surface area contributed by atoms with Gasteiger partial charge in [-0.05, 0) is 17.7 Å². The van der Waals surface area contributed by atoms with Crippen LogP contribution in [0.25, 0.3) is 0 Å².